The van der Waals surface area contributed by atoms with Gasteiger partial charge in [-0.3, -0.25) is 4.79 Å². The van der Waals surface area contributed by atoms with Crippen LogP contribution in [0.4, 0.5) is 0 Å². The summed E-state index contributed by atoms with van der Waals surface area (Å²) in [5, 5.41) is 7.63. The van der Waals surface area contributed by atoms with Crippen LogP contribution in [0.2, 0.25) is 0 Å². The fraction of sp³-hybridized carbons (Fsp3) is 0.727. The van der Waals surface area contributed by atoms with Gasteiger partial charge in [-0.25, -0.2) is 13.1 Å². The zero-order chi connectivity index (χ0) is 14.8. The molecule has 1 aromatic heterocycles. The quantitative estimate of drug-likeness (QED) is 0.729. The Morgan fingerprint density at radius 3 is 2.85 bits per heavy atom. The molecule has 20 heavy (non-hydrogen) atoms. The average molecular weight is 301 g/mol. The Morgan fingerprint density at radius 1 is 1.60 bits per heavy atom. The number of nitrogens with zero attached hydrogens (tertiary/aromatic N) is 4. The SMILES string of the molecule is CCN(C(=O)Cn1cc(CN)nn1)C1CCS(=O)(=O)C1. The van der Waals surface area contributed by atoms with Crippen molar-refractivity contribution in [3.8, 4) is 0 Å². The normalized spacial score (nSPS) is 21.0. The van der Waals surface area contributed by atoms with Crippen molar-refractivity contribution in [3.63, 3.8) is 0 Å². The fourth-order valence-corrected chi connectivity index (χ4v) is 4.13. The maximum Gasteiger partial charge on any atom is 0.244 e. The first-order valence-electron chi connectivity index (χ1n) is 6.54. The molecule has 1 aliphatic heterocycles. The van der Waals surface area contributed by atoms with E-state index in [4.69, 9.17) is 5.73 Å². The maximum atomic E-state index is 12.3. The van der Waals surface area contributed by atoms with Crippen LogP contribution in [0.15, 0.2) is 6.20 Å². The van der Waals surface area contributed by atoms with E-state index in [1.165, 1.54) is 4.68 Å². The molecule has 1 aromatic rings. The Bertz CT molecular complexity index is 583. The summed E-state index contributed by atoms with van der Waals surface area (Å²) in [5.41, 5.74) is 6.05. The lowest BCUT2D eigenvalue weighted by atomic mass is 10.2. The van der Waals surface area contributed by atoms with E-state index in [1.54, 1.807) is 11.1 Å². The Morgan fingerprint density at radius 2 is 2.35 bits per heavy atom. The van der Waals surface area contributed by atoms with Gasteiger partial charge in [0.25, 0.3) is 0 Å². The number of amides is 1. The van der Waals surface area contributed by atoms with E-state index in [2.05, 4.69) is 10.3 Å². The van der Waals surface area contributed by atoms with Crippen molar-refractivity contribution >= 4 is 15.7 Å². The number of likely N-dealkylation sites (N-methyl/N-ethyl adjacent to an activating group) is 1. The molecule has 8 nitrogen and oxygen atoms in total. The summed E-state index contributed by atoms with van der Waals surface area (Å²) in [6, 6.07) is -0.227. The van der Waals surface area contributed by atoms with E-state index in [0.717, 1.165) is 0 Å². The van der Waals surface area contributed by atoms with Crippen molar-refractivity contribution in [2.24, 2.45) is 5.73 Å². The number of hydrogen-bond donors (Lipinski definition) is 1. The standard InChI is InChI=1S/C11H19N5O3S/c1-2-16(10-3-4-20(18,19)8-10)11(17)7-15-6-9(5-12)13-14-15/h6,10H,2-5,7-8,12H2,1H3. The van der Waals surface area contributed by atoms with E-state index in [1.807, 2.05) is 6.92 Å². The Balaban J connectivity index is 2.02. The molecule has 0 bridgehead atoms. The van der Waals surface area contributed by atoms with Gasteiger partial charge in [0.1, 0.15) is 6.54 Å². The smallest absolute Gasteiger partial charge is 0.244 e. The summed E-state index contributed by atoms with van der Waals surface area (Å²) in [5.74, 6) is 0.0585. The van der Waals surface area contributed by atoms with Gasteiger partial charge in [-0.1, -0.05) is 5.21 Å². The minimum Gasteiger partial charge on any atom is -0.337 e. The van der Waals surface area contributed by atoms with Crippen LogP contribution in [0.25, 0.3) is 0 Å². The van der Waals surface area contributed by atoms with Crippen LogP contribution in [0.1, 0.15) is 19.0 Å². The topological polar surface area (TPSA) is 111 Å². The molecule has 0 spiro atoms. The van der Waals surface area contributed by atoms with Crippen LogP contribution in [0.5, 0.6) is 0 Å². The zero-order valence-electron chi connectivity index (χ0n) is 11.4. The summed E-state index contributed by atoms with van der Waals surface area (Å²) in [6.07, 6.45) is 2.13. The van der Waals surface area contributed by atoms with Crippen molar-refractivity contribution in [2.45, 2.75) is 32.5 Å². The molecule has 1 unspecified atom stereocenters. The van der Waals surface area contributed by atoms with Crippen molar-refractivity contribution in [1.29, 1.82) is 0 Å². The molecule has 1 saturated heterocycles. The number of rotatable bonds is 5. The lowest BCUT2D eigenvalue weighted by Gasteiger charge is -2.26. The highest BCUT2D eigenvalue weighted by Crippen LogP contribution is 2.18. The molecule has 1 fully saturated rings. The predicted molar refractivity (Wildman–Crippen MR) is 72.4 cm³/mol. The average Bonchev–Trinajstić information content (AvgIpc) is 2.97. The summed E-state index contributed by atoms with van der Waals surface area (Å²) in [4.78, 5) is 13.9. The summed E-state index contributed by atoms with van der Waals surface area (Å²) >= 11 is 0. The van der Waals surface area contributed by atoms with Gasteiger partial charge < -0.3 is 10.6 Å². The third-order valence-electron chi connectivity index (χ3n) is 3.40. The molecule has 1 aliphatic rings. The maximum absolute atomic E-state index is 12.3. The number of carbonyl (C=O) groups is 1. The first-order valence-corrected chi connectivity index (χ1v) is 8.36. The van der Waals surface area contributed by atoms with Crippen molar-refractivity contribution < 1.29 is 13.2 Å². The van der Waals surface area contributed by atoms with E-state index < -0.39 is 9.84 Å². The van der Waals surface area contributed by atoms with Gasteiger partial charge in [-0.2, -0.15) is 0 Å². The van der Waals surface area contributed by atoms with Gasteiger partial charge in [0, 0.05) is 19.1 Å². The lowest BCUT2D eigenvalue weighted by molar-refractivity contribution is -0.133. The van der Waals surface area contributed by atoms with Crippen LogP contribution in [0.3, 0.4) is 0 Å². The van der Waals surface area contributed by atoms with Gasteiger partial charge in [-0.05, 0) is 13.3 Å². The number of sulfone groups is 1. The highest BCUT2D eigenvalue weighted by molar-refractivity contribution is 7.91. The number of carbonyl (C=O) groups excluding carboxylic acids is 1. The van der Waals surface area contributed by atoms with E-state index >= 15 is 0 Å². The molecule has 2 heterocycles. The first-order chi connectivity index (χ1) is 9.45. The fourth-order valence-electron chi connectivity index (χ4n) is 2.40. The third-order valence-corrected chi connectivity index (χ3v) is 5.15. The summed E-state index contributed by atoms with van der Waals surface area (Å²) in [6.45, 7) is 2.65. The van der Waals surface area contributed by atoms with Crippen molar-refractivity contribution in [3.05, 3.63) is 11.9 Å². The molecule has 1 amide bonds. The van der Waals surface area contributed by atoms with Crippen LogP contribution < -0.4 is 5.73 Å². The molecule has 2 N–H and O–H groups in total. The second-order valence-electron chi connectivity index (χ2n) is 4.85. The number of nitrogens with two attached hydrogens (primary N) is 1. The highest BCUT2D eigenvalue weighted by Gasteiger charge is 2.33. The van der Waals surface area contributed by atoms with Crippen LogP contribution in [0, 0.1) is 0 Å². The van der Waals surface area contributed by atoms with Crippen LogP contribution >= 0.6 is 0 Å². The van der Waals surface area contributed by atoms with E-state index in [9.17, 15) is 13.2 Å². The summed E-state index contributed by atoms with van der Waals surface area (Å²) in [7, 11) is -3.00. The highest BCUT2D eigenvalue weighted by atomic mass is 32.2. The van der Waals surface area contributed by atoms with Gasteiger partial charge >= 0.3 is 0 Å². The zero-order valence-corrected chi connectivity index (χ0v) is 12.2. The van der Waals surface area contributed by atoms with Gasteiger partial charge in [0.2, 0.25) is 5.91 Å². The third kappa shape index (κ3) is 3.34. The first kappa shape index (κ1) is 14.9. The van der Waals surface area contributed by atoms with Gasteiger partial charge in [0.05, 0.1) is 23.4 Å². The van der Waals surface area contributed by atoms with Crippen LogP contribution in [-0.2, 0) is 27.7 Å². The van der Waals surface area contributed by atoms with Crippen molar-refractivity contribution in [2.75, 3.05) is 18.1 Å². The monoisotopic (exact) mass is 301 g/mol. The van der Waals surface area contributed by atoms with Crippen LogP contribution in [-0.4, -0.2) is 58.3 Å². The molecule has 2 rings (SSSR count). The molecule has 9 heteroatoms. The molecule has 112 valence electrons. The minimum absolute atomic E-state index is 0.0530. The Hall–Kier alpha value is -1.48. The number of hydrogen-bond acceptors (Lipinski definition) is 6. The molecular weight excluding hydrogens is 282 g/mol. The molecule has 0 radical (unpaired) electrons. The van der Waals surface area contributed by atoms with Gasteiger partial charge in [0.15, 0.2) is 9.84 Å². The molecule has 0 aromatic carbocycles. The Labute approximate surface area is 117 Å². The second kappa shape index (κ2) is 5.88. The molecule has 1 atom stereocenters. The molecule has 0 saturated carbocycles. The Kier molecular flexibility index (Phi) is 4.39. The van der Waals surface area contributed by atoms with Crippen molar-refractivity contribution in [1.82, 2.24) is 19.9 Å². The van der Waals surface area contributed by atoms with E-state index in [0.29, 0.717) is 18.7 Å². The predicted octanol–water partition coefficient (Wildman–Crippen LogP) is -1.23. The number of aromatic nitrogens is 3. The molecular formula is C11H19N5O3S. The lowest BCUT2D eigenvalue weighted by Crippen LogP contribution is -2.42. The van der Waals surface area contributed by atoms with Gasteiger partial charge in [-0.15, -0.1) is 5.10 Å². The van der Waals surface area contributed by atoms with E-state index in [-0.39, 0.29) is 36.5 Å². The summed E-state index contributed by atoms with van der Waals surface area (Å²) < 4.78 is 24.4. The largest absolute Gasteiger partial charge is 0.337 e. The minimum atomic E-state index is -3.00. The molecule has 0 aliphatic carbocycles. The second-order valence-corrected chi connectivity index (χ2v) is 7.08.